The fourth-order valence-electron chi connectivity index (χ4n) is 6.41. The summed E-state index contributed by atoms with van der Waals surface area (Å²) >= 11 is 0. The summed E-state index contributed by atoms with van der Waals surface area (Å²) in [6.45, 7) is 3.67. The van der Waals surface area contributed by atoms with Crippen LogP contribution in [-0.4, -0.2) is 75.2 Å². The Morgan fingerprint density at radius 1 is 1.02 bits per heavy atom. The Balaban J connectivity index is 1.46. The number of hydrogen-bond donors (Lipinski definition) is 2. The van der Waals surface area contributed by atoms with Gasteiger partial charge in [0.25, 0.3) is 0 Å². The summed E-state index contributed by atoms with van der Waals surface area (Å²) < 4.78 is 28.3. The third kappa shape index (κ3) is 7.16. The van der Waals surface area contributed by atoms with Crippen molar-refractivity contribution in [3.05, 3.63) is 71.8 Å². The van der Waals surface area contributed by atoms with E-state index in [1.807, 2.05) is 65.6 Å². The molecule has 3 aromatic rings. The molecule has 3 atom stereocenters. The van der Waals surface area contributed by atoms with E-state index in [-0.39, 0.29) is 25.9 Å². The van der Waals surface area contributed by atoms with E-state index >= 15 is 0 Å². The van der Waals surface area contributed by atoms with Crippen LogP contribution in [0.4, 0.5) is 5.69 Å². The van der Waals surface area contributed by atoms with Crippen LogP contribution in [0, 0.1) is 5.92 Å². The third-order valence-corrected chi connectivity index (χ3v) is 8.72. The van der Waals surface area contributed by atoms with Gasteiger partial charge in [-0.05, 0) is 60.4 Å². The van der Waals surface area contributed by atoms with Gasteiger partial charge in [-0.2, -0.15) is 0 Å². The molecule has 0 saturated carbocycles. The highest BCUT2D eigenvalue weighted by Crippen LogP contribution is 2.47. The second kappa shape index (κ2) is 15.2. The van der Waals surface area contributed by atoms with E-state index in [0.29, 0.717) is 54.8 Å². The standard InChI is InChI=1S/C35H43N3O8/c1-4-5-14-38(25-10-8-9-23(16-25)19-36)32(39)21-37-20-26(24-17-30(43-3)34-31(18-24)45-22-46-34)33(35(40)41)27(37)13-15-44-29-12-7-6-11-28(29)42-2/h6-12,16-18,26-27,33H,4-5,13-15,19-22,36H2,1-3H3,(H,40,41)/t26-,27+,33?/m1/s1. The van der Waals surface area contributed by atoms with Gasteiger partial charge in [-0.15, -0.1) is 0 Å². The van der Waals surface area contributed by atoms with Gasteiger partial charge >= 0.3 is 5.97 Å². The topological polar surface area (TPSA) is 133 Å². The Morgan fingerprint density at radius 3 is 2.52 bits per heavy atom. The van der Waals surface area contributed by atoms with Crippen LogP contribution in [0.15, 0.2) is 60.7 Å². The molecule has 2 aliphatic heterocycles. The molecule has 0 aromatic heterocycles. The maximum absolute atomic E-state index is 14.1. The summed E-state index contributed by atoms with van der Waals surface area (Å²) in [7, 11) is 3.11. The first kappa shape index (κ1) is 32.9. The van der Waals surface area contributed by atoms with Crippen LogP contribution in [0.2, 0.25) is 0 Å². The number of anilines is 1. The SMILES string of the molecule is CCCCN(C(=O)CN1C[C@H](c2cc(OC)c3c(c2)OCO3)C(C(=O)O)[C@@H]1CCOc1ccccc1OC)c1cccc(CN)c1. The van der Waals surface area contributed by atoms with Gasteiger partial charge < -0.3 is 39.4 Å². The van der Waals surface area contributed by atoms with E-state index in [1.54, 1.807) is 12.0 Å². The van der Waals surface area contributed by atoms with E-state index < -0.39 is 23.8 Å². The number of aliphatic carboxylic acids is 1. The average Bonchev–Trinajstić information content (AvgIpc) is 3.69. The average molecular weight is 634 g/mol. The lowest BCUT2D eigenvalue weighted by molar-refractivity contribution is -0.143. The van der Waals surface area contributed by atoms with Crippen molar-refractivity contribution in [2.45, 2.75) is 44.7 Å². The lowest BCUT2D eigenvalue weighted by Gasteiger charge is -2.30. The number of ether oxygens (including phenoxy) is 5. The highest BCUT2D eigenvalue weighted by atomic mass is 16.7. The van der Waals surface area contributed by atoms with Crippen LogP contribution in [0.1, 0.15) is 43.2 Å². The Labute approximate surface area is 269 Å². The van der Waals surface area contributed by atoms with Crippen LogP contribution >= 0.6 is 0 Å². The molecule has 0 aliphatic carbocycles. The van der Waals surface area contributed by atoms with Crippen LogP contribution in [0.25, 0.3) is 0 Å². The molecule has 2 heterocycles. The third-order valence-electron chi connectivity index (χ3n) is 8.72. The Morgan fingerprint density at radius 2 is 1.80 bits per heavy atom. The first-order valence-corrected chi connectivity index (χ1v) is 15.7. The van der Waals surface area contributed by atoms with Crippen molar-refractivity contribution in [3.8, 4) is 28.7 Å². The molecule has 246 valence electrons. The molecule has 0 spiro atoms. The number of carbonyl (C=O) groups is 2. The van der Waals surface area contributed by atoms with Gasteiger partial charge in [-0.1, -0.05) is 37.6 Å². The molecule has 46 heavy (non-hydrogen) atoms. The number of unbranched alkanes of at least 4 members (excludes halogenated alkanes) is 1. The zero-order valence-electron chi connectivity index (χ0n) is 26.6. The molecule has 0 radical (unpaired) electrons. The smallest absolute Gasteiger partial charge is 0.308 e. The van der Waals surface area contributed by atoms with Crippen molar-refractivity contribution in [2.24, 2.45) is 11.7 Å². The van der Waals surface area contributed by atoms with Gasteiger partial charge in [0.15, 0.2) is 23.0 Å². The predicted molar refractivity (Wildman–Crippen MR) is 173 cm³/mol. The maximum Gasteiger partial charge on any atom is 0.308 e. The zero-order valence-corrected chi connectivity index (χ0v) is 26.6. The molecular weight excluding hydrogens is 590 g/mol. The number of fused-ring (bicyclic) bond motifs is 1. The van der Waals surface area contributed by atoms with Crippen molar-refractivity contribution in [2.75, 3.05) is 52.2 Å². The second-order valence-corrected chi connectivity index (χ2v) is 11.5. The largest absolute Gasteiger partial charge is 0.493 e. The molecule has 1 saturated heterocycles. The number of carbonyl (C=O) groups excluding carboxylic acids is 1. The van der Waals surface area contributed by atoms with Gasteiger partial charge in [-0.25, -0.2) is 0 Å². The lowest BCUT2D eigenvalue weighted by atomic mass is 9.84. The number of methoxy groups -OCH3 is 2. The molecule has 11 heteroatoms. The number of hydrogen-bond acceptors (Lipinski definition) is 9. The molecule has 3 aromatic carbocycles. The minimum atomic E-state index is -0.947. The summed E-state index contributed by atoms with van der Waals surface area (Å²) in [4.78, 5) is 30.9. The number of carboxylic acid groups (broad SMARTS) is 1. The van der Waals surface area contributed by atoms with E-state index in [1.165, 1.54) is 7.11 Å². The first-order chi connectivity index (χ1) is 22.4. The highest BCUT2D eigenvalue weighted by molar-refractivity contribution is 5.95. The number of benzene rings is 3. The molecule has 2 aliphatic rings. The van der Waals surface area contributed by atoms with Crippen LogP contribution in [0.5, 0.6) is 28.7 Å². The summed E-state index contributed by atoms with van der Waals surface area (Å²) in [5, 5.41) is 10.7. The van der Waals surface area contributed by atoms with E-state index in [0.717, 1.165) is 29.7 Å². The van der Waals surface area contributed by atoms with Crippen LogP contribution < -0.4 is 34.3 Å². The van der Waals surface area contributed by atoms with Gasteiger partial charge in [0.1, 0.15) is 0 Å². The Kier molecular flexibility index (Phi) is 10.9. The Bertz CT molecular complexity index is 1510. The fourth-order valence-corrected chi connectivity index (χ4v) is 6.41. The number of likely N-dealkylation sites (tertiary alicyclic amines) is 1. The Hall–Kier alpha value is -4.48. The van der Waals surface area contributed by atoms with E-state index in [9.17, 15) is 14.7 Å². The van der Waals surface area contributed by atoms with E-state index in [4.69, 9.17) is 29.4 Å². The zero-order chi connectivity index (χ0) is 32.6. The van der Waals surface area contributed by atoms with Crippen molar-refractivity contribution in [3.63, 3.8) is 0 Å². The minimum absolute atomic E-state index is 0.0395. The van der Waals surface area contributed by atoms with Gasteiger partial charge in [0.2, 0.25) is 18.4 Å². The van der Waals surface area contributed by atoms with Gasteiger partial charge in [0, 0.05) is 37.3 Å². The summed E-state index contributed by atoms with van der Waals surface area (Å²) in [5.74, 6) is 0.311. The number of nitrogens with two attached hydrogens (primary N) is 1. The van der Waals surface area contributed by atoms with Gasteiger partial charge in [-0.3, -0.25) is 14.5 Å². The monoisotopic (exact) mass is 633 g/mol. The van der Waals surface area contributed by atoms with Crippen LogP contribution in [0.3, 0.4) is 0 Å². The predicted octanol–water partition coefficient (Wildman–Crippen LogP) is 4.66. The highest BCUT2D eigenvalue weighted by Gasteiger charge is 2.47. The van der Waals surface area contributed by atoms with Crippen molar-refractivity contribution in [1.29, 1.82) is 0 Å². The quantitative estimate of drug-likeness (QED) is 0.243. The maximum atomic E-state index is 14.1. The molecule has 0 bridgehead atoms. The number of amides is 1. The molecular formula is C35H43N3O8. The van der Waals surface area contributed by atoms with Crippen molar-refractivity contribution < 1.29 is 38.4 Å². The summed E-state index contributed by atoms with van der Waals surface area (Å²) in [6, 6.07) is 18.2. The summed E-state index contributed by atoms with van der Waals surface area (Å²) in [5.41, 5.74) is 8.37. The molecule has 1 unspecified atom stereocenters. The minimum Gasteiger partial charge on any atom is -0.493 e. The molecule has 5 rings (SSSR count). The van der Waals surface area contributed by atoms with Crippen LogP contribution in [-0.2, 0) is 16.1 Å². The number of nitrogens with zero attached hydrogens (tertiary/aromatic N) is 2. The van der Waals surface area contributed by atoms with Crippen molar-refractivity contribution in [1.82, 2.24) is 4.90 Å². The molecule has 1 amide bonds. The fraction of sp³-hybridized carbons (Fsp3) is 0.429. The summed E-state index contributed by atoms with van der Waals surface area (Å²) in [6.07, 6.45) is 2.12. The molecule has 1 fully saturated rings. The van der Waals surface area contributed by atoms with Gasteiger partial charge in [0.05, 0.1) is 33.3 Å². The normalized spacial score (nSPS) is 18.7. The molecule has 11 nitrogen and oxygen atoms in total. The lowest BCUT2D eigenvalue weighted by Crippen LogP contribution is -2.45. The first-order valence-electron chi connectivity index (χ1n) is 15.7. The number of para-hydroxylation sites is 2. The number of carboxylic acids is 1. The number of rotatable bonds is 15. The molecule has 3 N–H and O–H groups in total. The van der Waals surface area contributed by atoms with E-state index in [2.05, 4.69) is 6.92 Å². The second-order valence-electron chi connectivity index (χ2n) is 11.5. The van der Waals surface area contributed by atoms with Crippen molar-refractivity contribution >= 4 is 17.6 Å².